The lowest BCUT2D eigenvalue weighted by atomic mass is 9.79. The molecule has 0 saturated heterocycles. The summed E-state index contributed by atoms with van der Waals surface area (Å²) in [5, 5.41) is 9.68. The molecule has 23 heavy (non-hydrogen) atoms. The molecular formula is C15H14BFO5S. The first-order valence-corrected chi connectivity index (χ1v) is 8.53. The van der Waals surface area contributed by atoms with Crippen LogP contribution in [0.2, 0.25) is 0 Å². The Morgan fingerprint density at radius 3 is 2.78 bits per heavy atom. The minimum absolute atomic E-state index is 0.0123. The van der Waals surface area contributed by atoms with Crippen LogP contribution in [0.15, 0.2) is 41.3 Å². The SMILES string of the molecule is COc1ccc(S(=O)(=O)Cc2ccc3c(c2)B(O)OC3)cc1F. The molecule has 5 nitrogen and oxygen atoms in total. The molecule has 1 aliphatic heterocycles. The topological polar surface area (TPSA) is 72.8 Å². The van der Waals surface area contributed by atoms with Crippen molar-refractivity contribution in [2.45, 2.75) is 17.3 Å². The van der Waals surface area contributed by atoms with E-state index in [0.717, 1.165) is 11.6 Å². The van der Waals surface area contributed by atoms with Crippen molar-refractivity contribution in [2.24, 2.45) is 0 Å². The molecule has 0 spiro atoms. The summed E-state index contributed by atoms with van der Waals surface area (Å²) in [5.74, 6) is -1.04. The van der Waals surface area contributed by atoms with Crippen molar-refractivity contribution in [1.82, 2.24) is 0 Å². The summed E-state index contributed by atoms with van der Waals surface area (Å²) < 4.78 is 48.4. The summed E-state index contributed by atoms with van der Waals surface area (Å²) in [6.07, 6.45) is 0. The van der Waals surface area contributed by atoms with Crippen LogP contribution in [-0.4, -0.2) is 27.7 Å². The number of benzene rings is 2. The Bertz CT molecular complexity index is 853. The first-order chi connectivity index (χ1) is 10.9. The van der Waals surface area contributed by atoms with Crippen LogP contribution in [0, 0.1) is 5.82 Å². The molecule has 0 radical (unpaired) electrons. The molecular weight excluding hydrogens is 322 g/mol. The van der Waals surface area contributed by atoms with Gasteiger partial charge in [-0.15, -0.1) is 0 Å². The van der Waals surface area contributed by atoms with Gasteiger partial charge in [0, 0.05) is 0 Å². The molecule has 0 saturated carbocycles. The van der Waals surface area contributed by atoms with Crippen LogP contribution in [0.4, 0.5) is 4.39 Å². The molecule has 0 unspecified atom stereocenters. The van der Waals surface area contributed by atoms with Gasteiger partial charge in [0.05, 0.1) is 24.4 Å². The number of rotatable bonds is 4. The number of ether oxygens (including phenoxy) is 1. The zero-order valence-corrected chi connectivity index (χ0v) is 13.1. The van der Waals surface area contributed by atoms with Crippen molar-refractivity contribution in [3.05, 3.63) is 53.3 Å². The van der Waals surface area contributed by atoms with Crippen LogP contribution in [-0.2, 0) is 26.9 Å². The Morgan fingerprint density at radius 2 is 2.09 bits per heavy atom. The molecule has 0 amide bonds. The molecule has 0 atom stereocenters. The summed E-state index contributed by atoms with van der Waals surface area (Å²) >= 11 is 0. The van der Waals surface area contributed by atoms with Gasteiger partial charge in [0.2, 0.25) is 0 Å². The molecule has 2 aromatic rings. The van der Waals surface area contributed by atoms with E-state index in [1.54, 1.807) is 18.2 Å². The van der Waals surface area contributed by atoms with Crippen LogP contribution in [0.1, 0.15) is 11.1 Å². The Kier molecular flexibility index (Phi) is 4.14. The summed E-state index contributed by atoms with van der Waals surface area (Å²) in [5.41, 5.74) is 1.90. The van der Waals surface area contributed by atoms with E-state index in [9.17, 15) is 17.8 Å². The highest BCUT2D eigenvalue weighted by molar-refractivity contribution is 7.90. The Labute approximate surface area is 133 Å². The lowest BCUT2D eigenvalue weighted by Gasteiger charge is -2.08. The van der Waals surface area contributed by atoms with E-state index in [4.69, 9.17) is 9.39 Å². The Morgan fingerprint density at radius 1 is 1.30 bits per heavy atom. The lowest BCUT2D eigenvalue weighted by molar-refractivity contribution is 0.275. The van der Waals surface area contributed by atoms with Gasteiger partial charge >= 0.3 is 7.12 Å². The van der Waals surface area contributed by atoms with Gasteiger partial charge < -0.3 is 14.4 Å². The third-order valence-corrected chi connectivity index (χ3v) is 5.40. The average Bonchev–Trinajstić information content (AvgIpc) is 2.88. The number of fused-ring (bicyclic) bond motifs is 1. The Hall–Kier alpha value is -1.90. The number of halogens is 1. The van der Waals surface area contributed by atoms with Crippen LogP contribution in [0.3, 0.4) is 0 Å². The minimum Gasteiger partial charge on any atom is -0.494 e. The maximum Gasteiger partial charge on any atom is 0.491 e. The highest BCUT2D eigenvalue weighted by atomic mass is 32.2. The first-order valence-electron chi connectivity index (χ1n) is 6.88. The van der Waals surface area contributed by atoms with Crippen molar-refractivity contribution in [1.29, 1.82) is 0 Å². The lowest BCUT2D eigenvalue weighted by Crippen LogP contribution is -2.28. The van der Waals surface area contributed by atoms with Gasteiger partial charge in [-0.2, -0.15) is 0 Å². The van der Waals surface area contributed by atoms with Gasteiger partial charge in [-0.05, 0) is 34.8 Å². The van der Waals surface area contributed by atoms with E-state index in [2.05, 4.69) is 0 Å². The number of hydrogen-bond donors (Lipinski definition) is 1. The maximum atomic E-state index is 13.7. The number of methoxy groups -OCH3 is 1. The van der Waals surface area contributed by atoms with E-state index in [1.165, 1.54) is 19.2 Å². The normalized spacial score (nSPS) is 14.0. The van der Waals surface area contributed by atoms with Crippen LogP contribution < -0.4 is 10.2 Å². The number of sulfone groups is 1. The quantitative estimate of drug-likeness (QED) is 0.845. The molecule has 0 aliphatic carbocycles. The van der Waals surface area contributed by atoms with Crippen molar-refractivity contribution in [3.8, 4) is 5.75 Å². The molecule has 0 fully saturated rings. The van der Waals surface area contributed by atoms with E-state index in [0.29, 0.717) is 17.6 Å². The van der Waals surface area contributed by atoms with E-state index >= 15 is 0 Å². The number of hydrogen-bond acceptors (Lipinski definition) is 5. The van der Waals surface area contributed by atoms with Gasteiger partial charge in [0.25, 0.3) is 0 Å². The Balaban J connectivity index is 1.90. The largest absolute Gasteiger partial charge is 0.494 e. The van der Waals surface area contributed by atoms with Gasteiger partial charge in [-0.25, -0.2) is 12.8 Å². The van der Waals surface area contributed by atoms with E-state index in [-0.39, 0.29) is 16.4 Å². The third kappa shape index (κ3) is 3.10. The summed E-state index contributed by atoms with van der Waals surface area (Å²) in [6.45, 7) is 0.299. The van der Waals surface area contributed by atoms with Gasteiger partial charge in [0.15, 0.2) is 21.4 Å². The molecule has 1 N–H and O–H groups in total. The zero-order valence-electron chi connectivity index (χ0n) is 12.3. The van der Waals surface area contributed by atoms with Crippen molar-refractivity contribution < 1.29 is 27.2 Å². The van der Waals surface area contributed by atoms with E-state index < -0.39 is 22.8 Å². The van der Waals surface area contributed by atoms with Gasteiger partial charge in [-0.1, -0.05) is 18.2 Å². The molecule has 8 heteroatoms. The molecule has 120 valence electrons. The fourth-order valence-electron chi connectivity index (χ4n) is 2.50. The van der Waals surface area contributed by atoms with Crippen LogP contribution >= 0.6 is 0 Å². The first kappa shape index (κ1) is 16.0. The van der Waals surface area contributed by atoms with Gasteiger partial charge in [-0.3, -0.25) is 0 Å². The van der Waals surface area contributed by atoms with Crippen molar-refractivity contribution >= 4 is 22.4 Å². The molecule has 0 bridgehead atoms. The van der Waals surface area contributed by atoms with Crippen molar-refractivity contribution in [3.63, 3.8) is 0 Å². The third-order valence-electron chi connectivity index (χ3n) is 3.71. The molecule has 0 aromatic heterocycles. The zero-order chi connectivity index (χ0) is 16.6. The molecule has 3 rings (SSSR count). The second-order valence-corrected chi connectivity index (χ2v) is 7.24. The summed E-state index contributed by atoms with van der Waals surface area (Å²) in [4.78, 5) is -0.118. The monoisotopic (exact) mass is 336 g/mol. The fraction of sp³-hybridized carbons (Fsp3) is 0.200. The highest BCUT2D eigenvalue weighted by Gasteiger charge is 2.28. The highest BCUT2D eigenvalue weighted by Crippen LogP contribution is 2.23. The molecule has 2 aromatic carbocycles. The van der Waals surface area contributed by atoms with E-state index in [1.807, 2.05) is 0 Å². The molecule has 1 aliphatic rings. The van der Waals surface area contributed by atoms with Crippen molar-refractivity contribution in [2.75, 3.05) is 7.11 Å². The second kappa shape index (κ2) is 5.95. The standard InChI is InChI=1S/C15H14BFO5S/c1-21-15-5-4-12(7-14(15)17)23(19,20)9-10-2-3-11-8-22-16(18)13(11)6-10/h2-7,18H,8-9H2,1H3. The van der Waals surface area contributed by atoms with Crippen LogP contribution in [0.25, 0.3) is 0 Å². The van der Waals surface area contributed by atoms with Gasteiger partial charge in [0.1, 0.15) is 0 Å². The fourth-order valence-corrected chi connectivity index (χ4v) is 3.84. The smallest absolute Gasteiger partial charge is 0.491 e. The second-order valence-electron chi connectivity index (χ2n) is 5.25. The maximum absolute atomic E-state index is 13.7. The predicted octanol–water partition coefficient (Wildman–Crippen LogP) is 1.03. The summed E-state index contributed by atoms with van der Waals surface area (Å²) in [7, 11) is -3.44. The minimum atomic E-state index is -3.71. The molecule has 1 heterocycles. The van der Waals surface area contributed by atoms with Crippen LogP contribution in [0.5, 0.6) is 5.75 Å². The summed E-state index contributed by atoms with van der Waals surface area (Å²) in [6, 6.07) is 8.53. The predicted molar refractivity (Wildman–Crippen MR) is 82.7 cm³/mol. The average molecular weight is 336 g/mol.